The fraction of sp³-hybridized carbons (Fsp3) is 0. The summed E-state index contributed by atoms with van der Waals surface area (Å²) >= 11 is 0. The molecule has 13 aromatic rings. The van der Waals surface area contributed by atoms with Gasteiger partial charge in [0.25, 0.3) is 0 Å². The van der Waals surface area contributed by atoms with Crippen LogP contribution < -0.4 is 0 Å². The third kappa shape index (κ3) is 4.85. The molecule has 0 saturated carbocycles. The van der Waals surface area contributed by atoms with E-state index in [9.17, 15) is 0 Å². The van der Waals surface area contributed by atoms with Gasteiger partial charge in [-0.1, -0.05) is 127 Å². The van der Waals surface area contributed by atoms with Crippen molar-refractivity contribution in [2.75, 3.05) is 0 Å². The SMILES string of the molecule is c1ccc(-c2ccc3oc4c(-c5ccccc5)nc(-c5cc(-n6c7ccccc7c7cc8ccccc8cc76)cc6cc7oc8ccccc8c7cc56)nc4c3c2)cc1. The van der Waals surface area contributed by atoms with E-state index in [1.165, 1.54) is 21.5 Å². The molecule has 59 heavy (non-hydrogen) atoms. The zero-order valence-electron chi connectivity index (χ0n) is 31.6. The zero-order valence-corrected chi connectivity index (χ0v) is 31.6. The summed E-state index contributed by atoms with van der Waals surface area (Å²) in [6.07, 6.45) is 0. The minimum atomic E-state index is 0.620. The Hall–Kier alpha value is -8.02. The second-order valence-corrected chi connectivity index (χ2v) is 15.3. The molecule has 0 aliphatic carbocycles. The van der Waals surface area contributed by atoms with Crippen LogP contribution in [0.1, 0.15) is 0 Å². The van der Waals surface area contributed by atoms with E-state index in [1.807, 2.05) is 36.4 Å². The Morgan fingerprint density at radius 1 is 0.373 bits per heavy atom. The Morgan fingerprint density at radius 2 is 1.08 bits per heavy atom. The molecule has 0 aliphatic rings. The Bertz CT molecular complexity index is 3840. The van der Waals surface area contributed by atoms with Crippen molar-refractivity contribution >= 4 is 87.4 Å². The molecule has 0 aliphatic heterocycles. The first-order chi connectivity index (χ1) is 29.2. The first kappa shape index (κ1) is 32.1. The van der Waals surface area contributed by atoms with Crippen molar-refractivity contribution in [1.29, 1.82) is 0 Å². The summed E-state index contributed by atoms with van der Waals surface area (Å²) < 4.78 is 15.6. The van der Waals surface area contributed by atoms with E-state index in [-0.39, 0.29) is 0 Å². The molecule has 0 atom stereocenters. The van der Waals surface area contributed by atoms with Crippen molar-refractivity contribution < 1.29 is 8.83 Å². The van der Waals surface area contributed by atoms with Crippen LogP contribution in [0.5, 0.6) is 0 Å². The number of para-hydroxylation sites is 2. The highest BCUT2D eigenvalue weighted by Gasteiger charge is 2.22. The second-order valence-electron chi connectivity index (χ2n) is 15.3. The first-order valence-corrected chi connectivity index (χ1v) is 19.9. The van der Waals surface area contributed by atoms with Gasteiger partial charge in [0.2, 0.25) is 0 Å². The number of rotatable bonds is 4. The molecule has 5 heteroatoms. The van der Waals surface area contributed by atoms with Gasteiger partial charge in [-0.25, -0.2) is 9.97 Å². The highest BCUT2D eigenvalue weighted by atomic mass is 16.3. The molecule has 0 radical (unpaired) electrons. The van der Waals surface area contributed by atoms with Gasteiger partial charge in [0.15, 0.2) is 11.4 Å². The fourth-order valence-corrected chi connectivity index (χ4v) is 9.18. The van der Waals surface area contributed by atoms with Gasteiger partial charge in [0, 0.05) is 43.7 Å². The summed E-state index contributed by atoms with van der Waals surface area (Å²) in [6.45, 7) is 0. The molecule has 0 unspecified atom stereocenters. The number of nitrogens with zero attached hydrogens (tertiary/aromatic N) is 3. The van der Waals surface area contributed by atoms with Gasteiger partial charge >= 0.3 is 0 Å². The molecule has 0 spiro atoms. The van der Waals surface area contributed by atoms with Crippen LogP contribution in [0, 0.1) is 0 Å². The predicted molar refractivity (Wildman–Crippen MR) is 242 cm³/mol. The van der Waals surface area contributed by atoms with E-state index in [1.54, 1.807) is 0 Å². The van der Waals surface area contributed by atoms with Crippen LogP contribution in [0.2, 0.25) is 0 Å². The van der Waals surface area contributed by atoms with Crippen LogP contribution in [0.4, 0.5) is 0 Å². The van der Waals surface area contributed by atoms with Crippen LogP contribution in [-0.2, 0) is 0 Å². The largest absolute Gasteiger partial charge is 0.456 e. The molecular weight excluding hydrogens is 723 g/mol. The summed E-state index contributed by atoms with van der Waals surface area (Å²) in [5, 5.41) is 9.95. The van der Waals surface area contributed by atoms with Crippen molar-refractivity contribution in [3.63, 3.8) is 0 Å². The lowest BCUT2D eigenvalue weighted by molar-refractivity contribution is 0.667. The van der Waals surface area contributed by atoms with Crippen molar-refractivity contribution in [3.05, 3.63) is 188 Å². The smallest absolute Gasteiger partial charge is 0.180 e. The molecule has 0 saturated heterocycles. The van der Waals surface area contributed by atoms with E-state index >= 15 is 0 Å². The van der Waals surface area contributed by atoms with Crippen LogP contribution in [0.3, 0.4) is 0 Å². The maximum absolute atomic E-state index is 6.68. The summed E-state index contributed by atoms with van der Waals surface area (Å²) in [6, 6.07) is 66.2. The molecule has 274 valence electrons. The second kappa shape index (κ2) is 12.2. The maximum Gasteiger partial charge on any atom is 0.180 e. The van der Waals surface area contributed by atoms with Gasteiger partial charge in [-0.2, -0.15) is 0 Å². The van der Waals surface area contributed by atoms with Gasteiger partial charge < -0.3 is 13.4 Å². The minimum absolute atomic E-state index is 0.620. The van der Waals surface area contributed by atoms with Gasteiger partial charge in [0.05, 0.1) is 11.0 Å². The van der Waals surface area contributed by atoms with E-state index in [4.69, 9.17) is 18.8 Å². The van der Waals surface area contributed by atoms with Gasteiger partial charge in [-0.05, 0) is 93.3 Å². The van der Waals surface area contributed by atoms with Gasteiger partial charge in [0.1, 0.15) is 28.0 Å². The molecule has 9 aromatic carbocycles. The molecule has 13 rings (SSSR count). The lowest BCUT2D eigenvalue weighted by atomic mass is 9.99. The molecule has 4 heterocycles. The third-order valence-electron chi connectivity index (χ3n) is 11.9. The van der Waals surface area contributed by atoms with Crippen LogP contribution in [0.25, 0.3) is 127 Å². The molecular formula is C54H31N3O2. The Balaban J connectivity index is 1.16. The highest BCUT2D eigenvalue weighted by Crippen LogP contribution is 2.43. The highest BCUT2D eigenvalue weighted by molar-refractivity contribution is 6.16. The monoisotopic (exact) mass is 753 g/mol. The maximum atomic E-state index is 6.68. The molecule has 0 amide bonds. The number of aromatic nitrogens is 3. The average molecular weight is 754 g/mol. The number of hydrogen-bond acceptors (Lipinski definition) is 4. The van der Waals surface area contributed by atoms with E-state index < -0.39 is 0 Å². The van der Waals surface area contributed by atoms with Crippen molar-refractivity contribution in [2.45, 2.75) is 0 Å². The van der Waals surface area contributed by atoms with Crippen molar-refractivity contribution in [1.82, 2.24) is 14.5 Å². The lowest BCUT2D eigenvalue weighted by Crippen LogP contribution is -1.99. The topological polar surface area (TPSA) is 57.0 Å². The number of hydrogen-bond donors (Lipinski definition) is 0. The van der Waals surface area contributed by atoms with Crippen LogP contribution in [0.15, 0.2) is 197 Å². The average Bonchev–Trinajstić information content (AvgIpc) is 3.96. The fourth-order valence-electron chi connectivity index (χ4n) is 9.18. The van der Waals surface area contributed by atoms with Crippen LogP contribution in [-0.4, -0.2) is 14.5 Å². The predicted octanol–water partition coefficient (Wildman–Crippen LogP) is 14.7. The Labute approximate surface area is 337 Å². The zero-order chi connectivity index (χ0) is 38.6. The summed E-state index contributed by atoms with van der Waals surface area (Å²) in [7, 11) is 0. The summed E-state index contributed by atoms with van der Waals surface area (Å²) in [5.41, 5.74) is 12.0. The lowest BCUT2D eigenvalue weighted by Gasteiger charge is -2.14. The van der Waals surface area contributed by atoms with Crippen molar-refractivity contribution in [3.8, 4) is 39.5 Å². The van der Waals surface area contributed by atoms with Gasteiger partial charge in [-0.15, -0.1) is 0 Å². The third-order valence-corrected chi connectivity index (χ3v) is 11.9. The molecule has 5 nitrogen and oxygen atoms in total. The van der Waals surface area contributed by atoms with E-state index in [0.717, 1.165) is 93.9 Å². The molecule has 0 fully saturated rings. The molecule has 4 aromatic heterocycles. The number of benzene rings is 9. The van der Waals surface area contributed by atoms with Crippen LogP contribution >= 0.6 is 0 Å². The standard InChI is InChI=1S/C54H31N3O2/c1-3-13-32(14-4-1)36-23-24-49-45(27-36)52-53(59-49)51(33-15-5-2-6-16-33)55-54(56-52)44-30-38(25-37-29-50-43(31-41(37)44)40-20-10-12-22-48(40)58-50)57-46-21-11-9-19-39(46)42-26-34-17-7-8-18-35(34)28-47(42)57/h1-31H. The number of fused-ring (bicyclic) bond motifs is 11. The van der Waals surface area contributed by atoms with E-state index in [0.29, 0.717) is 11.4 Å². The minimum Gasteiger partial charge on any atom is -0.456 e. The quantitative estimate of drug-likeness (QED) is 0.180. The Kier molecular flexibility index (Phi) is 6.66. The van der Waals surface area contributed by atoms with Crippen molar-refractivity contribution in [2.24, 2.45) is 0 Å². The number of furan rings is 2. The summed E-state index contributed by atoms with van der Waals surface area (Å²) in [4.78, 5) is 10.9. The summed E-state index contributed by atoms with van der Waals surface area (Å²) in [5.74, 6) is 0.620. The molecule has 0 bridgehead atoms. The first-order valence-electron chi connectivity index (χ1n) is 19.9. The normalized spacial score (nSPS) is 12.1. The Morgan fingerprint density at radius 3 is 1.93 bits per heavy atom. The molecule has 0 N–H and O–H groups in total. The van der Waals surface area contributed by atoms with Gasteiger partial charge in [-0.3, -0.25) is 0 Å². The van der Waals surface area contributed by atoms with E-state index in [2.05, 4.69) is 156 Å².